The van der Waals surface area contributed by atoms with Crippen molar-refractivity contribution in [3.8, 4) is 5.75 Å². The Morgan fingerprint density at radius 2 is 2.17 bits per heavy atom. The molecule has 1 heterocycles. The molecule has 0 amide bonds. The third-order valence-electron chi connectivity index (χ3n) is 4.21. The summed E-state index contributed by atoms with van der Waals surface area (Å²) in [5, 5.41) is 13.0. The zero-order chi connectivity index (χ0) is 12.4. The van der Waals surface area contributed by atoms with Crippen molar-refractivity contribution in [2.75, 3.05) is 19.8 Å². The fourth-order valence-electron chi connectivity index (χ4n) is 2.64. The summed E-state index contributed by atoms with van der Waals surface area (Å²) < 4.78 is 5.76. The summed E-state index contributed by atoms with van der Waals surface area (Å²) in [6.45, 7) is 2.04. The molecule has 1 unspecified atom stereocenters. The van der Waals surface area contributed by atoms with E-state index >= 15 is 0 Å². The fraction of sp³-hybridized carbons (Fsp3) is 0.600. The van der Waals surface area contributed by atoms with Gasteiger partial charge in [0.25, 0.3) is 0 Å². The van der Waals surface area contributed by atoms with Gasteiger partial charge in [0, 0.05) is 30.2 Å². The van der Waals surface area contributed by atoms with Crippen molar-refractivity contribution in [3.63, 3.8) is 0 Å². The summed E-state index contributed by atoms with van der Waals surface area (Å²) in [5.74, 6) is 1.02. The third-order valence-corrected chi connectivity index (χ3v) is 4.21. The van der Waals surface area contributed by atoms with E-state index in [9.17, 15) is 5.11 Å². The number of para-hydroxylation sites is 1. The quantitative estimate of drug-likeness (QED) is 0.857. The Kier molecular flexibility index (Phi) is 3.27. The summed E-state index contributed by atoms with van der Waals surface area (Å²) in [7, 11) is 0. The van der Waals surface area contributed by atoms with Gasteiger partial charge in [0.1, 0.15) is 5.75 Å². The van der Waals surface area contributed by atoms with E-state index in [1.165, 1.54) is 5.56 Å². The number of hydrogen-bond acceptors (Lipinski definition) is 3. The minimum Gasteiger partial charge on any atom is -0.493 e. The van der Waals surface area contributed by atoms with E-state index in [-0.39, 0.29) is 5.41 Å². The summed E-state index contributed by atoms with van der Waals surface area (Å²) >= 11 is 0. The second-order valence-electron chi connectivity index (χ2n) is 5.62. The van der Waals surface area contributed by atoms with Crippen LogP contribution in [0.25, 0.3) is 0 Å². The number of ether oxygens (including phenoxy) is 1. The number of benzene rings is 1. The number of nitrogens with one attached hydrogen (secondary N) is 1. The van der Waals surface area contributed by atoms with Gasteiger partial charge in [-0.1, -0.05) is 18.2 Å². The third kappa shape index (κ3) is 2.38. The highest BCUT2D eigenvalue weighted by molar-refractivity contribution is 5.36. The highest BCUT2D eigenvalue weighted by Gasteiger charge is 2.42. The van der Waals surface area contributed by atoms with Crippen molar-refractivity contribution in [2.45, 2.75) is 31.7 Å². The molecule has 0 radical (unpaired) electrons. The molecule has 3 rings (SSSR count). The molecular formula is C15H21NO2. The molecule has 1 aliphatic heterocycles. The summed E-state index contributed by atoms with van der Waals surface area (Å²) in [4.78, 5) is 0. The number of rotatable bonds is 4. The van der Waals surface area contributed by atoms with E-state index < -0.39 is 0 Å². The predicted molar refractivity (Wildman–Crippen MR) is 70.7 cm³/mol. The molecule has 1 aliphatic carbocycles. The SMILES string of the molecule is OCC1(CNC2CCCOc3ccccc32)CC1. The van der Waals surface area contributed by atoms with E-state index in [2.05, 4.69) is 17.4 Å². The maximum absolute atomic E-state index is 9.37. The van der Waals surface area contributed by atoms with Crippen LogP contribution < -0.4 is 10.1 Å². The topological polar surface area (TPSA) is 41.5 Å². The first-order valence-corrected chi connectivity index (χ1v) is 6.89. The van der Waals surface area contributed by atoms with Gasteiger partial charge in [-0.25, -0.2) is 0 Å². The van der Waals surface area contributed by atoms with Gasteiger partial charge >= 0.3 is 0 Å². The van der Waals surface area contributed by atoms with Crippen LogP contribution in [0, 0.1) is 5.41 Å². The van der Waals surface area contributed by atoms with Crippen molar-refractivity contribution in [1.29, 1.82) is 0 Å². The van der Waals surface area contributed by atoms with Crippen LogP contribution in [0.15, 0.2) is 24.3 Å². The monoisotopic (exact) mass is 247 g/mol. The average molecular weight is 247 g/mol. The highest BCUT2D eigenvalue weighted by atomic mass is 16.5. The van der Waals surface area contributed by atoms with Gasteiger partial charge in [-0.3, -0.25) is 0 Å². The van der Waals surface area contributed by atoms with Crippen molar-refractivity contribution in [1.82, 2.24) is 5.32 Å². The van der Waals surface area contributed by atoms with Gasteiger partial charge in [-0.2, -0.15) is 0 Å². The van der Waals surface area contributed by atoms with E-state index in [1.807, 2.05) is 12.1 Å². The predicted octanol–water partition coefficient (Wildman–Crippen LogP) is 2.26. The first kappa shape index (κ1) is 12.0. The van der Waals surface area contributed by atoms with Gasteiger partial charge in [-0.15, -0.1) is 0 Å². The van der Waals surface area contributed by atoms with Gasteiger partial charge in [-0.05, 0) is 31.7 Å². The Morgan fingerprint density at radius 3 is 2.94 bits per heavy atom. The normalized spacial score (nSPS) is 24.8. The molecule has 1 aromatic rings. The lowest BCUT2D eigenvalue weighted by Gasteiger charge is -2.21. The van der Waals surface area contributed by atoms with Crippen LogP contribution in [0.2, 0.25) is 0 Å². The van der Waals surface area contributed by atoms with Crippen LogP contribution in [0.1, 0.15) is 37.3 Å². The van der Waals surface area contributed by atoms with Gasteiger partial charge in [0.05, 0.1) is 6.61 Å². The number of fused-ring (bicyclic) bond motifs is 1. The first-order chi connectivity index (χ1) is 8.83. The lowest BCUT2D eigenvalue weighted by atomic mass is 10.0. The first-order valence-electron chi connectivity index (χ1n) is 6.89. The largest absolute Gasteiger partial charge is 0.493 e. The van der Waals surface area contributed by atoms with Gasteiger partial charge in [0.2, 0.25) is 0 Å². The minimum atomic E-state index is 0.169. The fourth-order valence-corrected chi connectivity index (χ4v) is 2.64. The lowest BCUT2D eigenvalue weighted by Crippen LogP contribution is -2.30. The average Bonchev–Trinajstić information content (AvgIpc) is 3.21. The smallest absolute Gasteiger partial charge is 0.124 e. The second-order valence-corrected chi connectivity index (χ2v) is 5.62. The van der Waals surface area contributed by atoms with Crippen LogP contribution in [0.4, 0.5) is 0 Å². The zero-order valence-electron chi connectivity index (χ0n) is 10.7. The molecule has 18 heavy (non-hydrogen) atoms. The molecule has 1 fully saturated rings. The second kappa shape index (κ2) is 4.90. The van der Waals surface area contributed by atoms with Crippen molar-refractivity contribution >= 4 is 0 Å². The van der Waals surface area contributed by atoms with Crippen LogP contribution in [0.5, 0.6) is 5.75 Å². The van der Waals surface area contributed by atoms with Crippen LogP contribution in [-0.2, 0) is 0 Å². The van der Waals surface area contributed by atoms with E-state index in [1.54, 1.807) is 0 Å². The molecule has 0 aromatic heterocycles. The Balaban J connectivity index is 1.71. The van der Waals surface area contributed by atoms with Gasteiger partial charge in [0.15, 0.2) is 0 Å². The molecule has 3 nitrogen and oxygen atoms in total. The molecule has 1 aromatic carbocycles. The molecule has 0 saturated heterocycles. The maximum Gasteiger partial charge on any atom is 0.124 e. The summed E-state index contributed by atoms with van der Waals surface area (Å²) in [6, 6.07) is 8.66. The van der Waals surface area contributed by atoms with Crippen LogP contribution >= 0.6 is 0 Å². The standard InChI is InChI=1S/C15H21NO2/c17-11-15(7-8-15)10-16-13-5-3-9-18-14-6-2-1-4-12(13)14/h1-2,4,6,13,16-17H,3,5,7-11H2. The van der Waals surface area contributed by atoms with E-state index in [0.29, 0.717) is 12.6 Å². The van der Waals surface area contributed by atoms with E-state index in [0.717, 1.165) is 44.6 Å². The Morgan fingerprint density at radius 1 is 1.33 bits per heavy atom. The molecular weight excluding hydrogens is 226 g/mol. The maximum atomic E-state index is 9.37. The van der Waals surface area contributed by atoms with Crippen molar-refractivity contribution < 1.29 is 9.84 Å². The number of hydrogen-bond donors (Lipinski definition) is 2. The molecule has 0 bridgehead atoms. The molecule has 3 heteroatoms. The van der Waals surface area contributed by atoms with Crippen LogP contribution in [-0.4, -0.2) is 24.9 Å². The molecule has 2 aliphatic rings. The lowest BCUT2D eigenvalue weighted by molar-refractivity contribution is 0.203. The van der Waals surface area contributed by atoms with Crippen molar-refractivity contribution in [2.24, 2.45) is 5.41 Å². The molecule has 0 spiro atoms. The minimum absolute atomic E-state index is 0.169. The van der Waals surface area contributed by atoms with E-state index in [4.69, 9.17) is 4.74 Å². The summed E-state index contributed by atoms with van der Waals surface area (Å²) in [5.41, 5.74) is 1.44. The number of aliphatic hydroxyl groups excluding tert-OH is 1. The molecule has 98 valence electrons. The van der Waals surface area contributed by atoms with Crippen molar-refractivity contribution in [3.05, 3.63) is 29.8 Å². The summed E-state index contributed by atoms with van der Waals surface area (Å²) in [6.07, 6.45) is 4.50. The Bertz CT molecular complexity index is 415. The molecule has 1 saturated carbocycles. The Labute approximate surface area is 108 Å². The Hall–Kier alpha value is -1.06. The molecule has 2 N–H and O–H groups in total. The zero-order valence-corrected chi connectivity index (χ0v) is 10.7. The number of aliphatic hydroxyl groups is 1. The molecule has 1 atom stereocenters. The van der Waals surface area contributed by atoms with Crippen LogP contribution in [0.3, 0.4) is 0 Å². The van der Waals surface area contributed by atoms with Gasteiger partial charge < -0.3 is 15.2 Å². The highest BCUT2D eigenvalue weighted by Crippen LogP contribution is 2.45.